The number of hydrogen-bond donors (Lipinski definition) is 1. The fourth-order valence-electron chi connectivity index (χ4n) is 1.83. The summed E-state index contributed by atoms with van der Waals surface area (Å²) >= 11 is 5.99. The van der Waals surface area contributed by atoms with Gasteiger partial charge in [-0.15, -0.1) is 0 Å². The molecule has 19 heavy (non-hydrogen) atoms. The van der Waals surface area contributed by atoms with Gasteiger partial charge in [-0.25, -0.2) is 0 Å². The summed E-state index contributed by atoms with van der Waals surface area (Å²) in [7, 11) is 0. The van der Waals surface area contributed by atoms with Crippen LogP contribution < -0.4 is 5.73 Å². The van der Waals surface area contributed by atoms with Crippen LogP contribution in [0.1, 0.15) is 18.1 Å². The van der Waals surface area contributed by atoms with E-state index in [1.165, 1.54) is 5.56 Å². The van der Waals surface area contributed by atoms with Crippen molar-refractivity contribution in [1.82, 2.24) is 0 Å². The largest absolute Gasteiger partial charge is 0.398 e. The molecule has 2 rings (SSSR count). The summed E-state index contributed by atoms with van der Waals surface area (Å²) in [5, 5.41) is 0.698. The molecule has 0 aromatic heterocycles. The van der Waals surface area contributed by atoms with Crippen LogP contribution in [0.3, 0.4) is 0 Å². The van der Waals surface area contributed by atoms with Gasteiger partial charge in [0, 0.05) is 16.3 Å². The molecule has 0 aliphatic carbocycles. The molecule has 0 saturated heterocycles. The minimum absolute atomic E-state index is 0.698. The Morgan fingerprint density at radius 3 is 2.58 bits per heavy atom. The van der Waals surface area contributed by atoms with Crippen molar-refractivity contribution in [2.75, 3.05) is 5.73 Å². The highest BCUT2D eigenvalue weighted by Crippen LogP contribution is 2.24. The van der Waals surface area contributed by atoms with Gasteiger partial charge in [-0.2, -0.15) is 0 Å². The molecule has 2 heteroatoms. The maximum Gasteiger partial charge on any atom is 0.0413 e. The number of rotatable bonds is 3. The van der Waals surface area contributed by atoms with Crippen LogP contribution in [0.2, 0.25) is 5.02 Å². The second-order valence-corrected chi connectivity index (χ2v) is 4.79. The van der Waals surface area contributed by atoms with Crippen LogP contribution in [-0.4, -0.2) is 0 Å². The quantitative estimate of drug-likeness (QED) is 0.613. The zero-order valence-corrected chi connectivity index (χ0v) is 11.6. The van der Waals surface area contributed by atoms with Crippen molar-refractivity contribution in [2.24, 2.45) is 0 Å². The van der Waals surface area contributed by atoms with E-state index in [2.05, 4.69) is 18.2 Å². The highest BCUT2D eigenvalue weighted by Gasteiger charge is 2.01. The zero-order chi connectivity index (χ0) is 13.7. The third-order valence-corrected chi connectivity index (χ3v) is 3.11. The van der Waals surface area contributed by atoms with Crippen LogP contribution in [-0.2, 0) is 0 Å². The van der Waals surface area contributed by atoms with E-state index in [0.717, 1.165) is 16.8 Å². The van der Waals surface area contributed by atoms with E-state index >= 15 is 0 Å². The number of nitrogen functional groups attached to an aromatic ring is 1. The predicted molar refractivity (Wildman–Crippen MR) is 85.0 cm³/mol. The molecule has 2 N–H and O–H groups in total. The predicted octanol–water partition coefficient (Wildman–Crippen LogP) is 5.04. The van der Waals surface area contributed by atoms with Gasteiger partial charge in [0.2, 0.25) is 0 Å². The minimum atomic E-state index is 0.698. The van der Waals surface area contributed by atoms with Gasteiger partial charge >= 0.3 is 0 Å². The van der Waals surface area contributed by atoms with E-state index in [4.69, 9.17) is 17.3 Å². The van der Waals surface area contributed by atoms with Gasteiger partial charge < -0.3 is 5.73 Å². The molecule has 0 bridgehead atoms. The lowest BCUT2D eigenvalue weighted by Crippen LogP contribution is -1.91. The molecule has 0 unspecified atom stereocenters. The molecule has 96 valence electrons. The highest BCUT2D eigenvalue weighted by molar-refractivity contribution is 6.30. The second-order valence-electron chi connectivity index (χ2n) is 4.35. The highest BCUT2D eigenvalue weighted by atomic mass is 35.5. The Morgan fingerprint density at radius 1 is 1.11 bits per heavy atom. The lowest BCUT2D eigenvalue weighted by Gasteiger charge is -2.05. The van der Waals surface area contributed by atoms with E-state index in [1.807, 2.05) is 49.4 Å². The second kappa shape index (κ2) is 6.26. The molecular weight excluding hydrogens is 254 g/mol. The number of allylic oxidation sites excluding steroid dienone is 3. The van der Waals surface area contributed by atoms with E-state index in [9.17, 15) is 0 Å². The van der Waals surface area contributed by atoms with E-state index in [1.54, 1.807) is 6.07 Å². The van der Waals surface area contributed by atoms with Crippen molar-refractivity contribution in [1.29, 1.82) is 0 Å². The van der Waals surface area contributed by atoms with Gasteiger partial charge in [0.1, 0.15) is 0 Å². The minimum Gasteiger partial charge on any atom is -0.398 e. The Bertz CT molecular complexity index is 612. The van der Waals surface area contributed by atoms with Crippen molar-refractivity contribution in [3.8, 4) is 0 Å². The summed E-state index contributed by atoms with van der Waals surface area (Å²) < 4.78 is 0. The van der Waals surface area contributed by atoms with Gasteiger partial charge in [-0.3, -0.25) is 0 Å². The van der Waals surface area contributed by atoms with Crippen molar-refractivity contribution in [3.63, 3.8) is 0 Å². The van der Waals surface area contributed by atoms with Crippen LogP contribution in [0.25, 0.3) is 11.6 Å². The van der Waals surface area contributed by atoms with Crippen molar-refractivity contribution in [2.45, 2.75) is 6.92 Å². The third-order valence-electron chi connectivity index (χ3n) is 2.87. The first-order chi connectivity index (χ1) is 9.16. The van der Waals surface area contributed by atoms with E-state index in [0.29, 0.717) is 5.02 Å². The molecule has 1 nitrogen and oxygen atoms in total. The summed E-state index contributed by atoms with van der Waals surface area (Å²) in [6.45, 7) is 2.03. The first kappa shape index (κ1) is 13.4. The normalized spacial score (nSPS) is 12.0. The topological polar surface area (TPSA) is 26.0 Å². The van der Waals surface area contributed by atoms with Crippen molar-refractivity contribution >= 4 is 28.9 Å². The zero-order valence-electron chi connectivity index (χ0n) is 10.8. The van der Waals surface area contributed by atoms with E-state index in [-0.39, 0.29) is 0 Å². The summed E-state index contributed by atoms with van der Waals surface area (Å²) in [6, 6.07) is 15.7. The summed E-state index contributed by atoms with van der Waals surface area (Å²) in [5.41, 5.74) is 9.93. The number of halogens is 1. The van der Waals surface area contributed by atoms with Gasteiger partial charge in [0.25, 0.3) is 0 Å². The monoisotopic (exact) mass is 269 g/mol. The lowest BCUT2D eigenvalue weighted by atomic mass is 10.0. The Kier molecular flexibility index (Phi) is 4.43. The number of nitrogens with two attached hydrogens (primary N) is 1. The van der Waals surface area contributed by atoms with Crippen LogP contribution in [0.5, 0.6) is 0 Å². The summed E-state index contributed by atoms with van der Waals surface area (Å²) in [6.07, 6.45) is 6.12. The van der Waals surface area contributed by atoms with Gasteiger partial charge in [-0.1, -0.05) is 60.2 Å². The fraction of sp³-hybridized carbons (Fsp3) is 0.0588. The molecule has 2 aromatic carbocycles. The molecule has 0 saturated carbocycles. The van der Waals surface area contributed by atoms with Crippen molar-refractivity contribution in [3.05, 3.63) is 76.8 Å². The average molecular weight is 270 g/mol. The third kappa shape index (κ3) is 3.73. The molecule has 2 aromatic rings. The van der Waals surface area contributed by atoms with Gasteiger partial charge in [0.15, 0.2) is 0 Å². The first-order valence-electron chi connectivity index (χ1n) is 6.12. The van der Waals surface area contributed by atoms with Gasteiger partial charge in [-0.05, 0) is 36.3 Å². The Hall–Kier alpha value is -1.99. The number of benzene rings is 2. The molecular formula is C17H16ClN. The summed E-state index contributed by atoms with van der Waals surface area (Å²) in [4.78, 5) is 0. The molecule has 0 fully saturated rings. The van der Waals surface area contributed by atoms with Crippen LogP contribution in [0.4, 0.5) is 5.69 Å². The molecule has 0 aliphatic rings. The standard InChI is InChI=1S/C17H16ClN/c1-13(16-12-15(18)10-11-17(16)19)6-5-9-14-7-3-2-4-8-14/h2-12H,19H2,1H3/b9-5+,13-6-. The maximum atomic E-state index is 5.99. The first-order valence-corrected chi connectivity index (χ1v) is 6.50. The van der Waals surface area contributed by atoms with E-state index < -0.39 is 0 Å². The Balaban J connectivity index is 2.19. The lowest BCUT2D eigenvalue weighted by molar-refractivity contribution is 1.56. The number of anilines is 1. The number of hydrogen-bond acceptors (Lipinski definition) is 1. The average Bonchev–Trinajstić information content (AvgIpc) is 2.42. The Labute approximate surface area is 119 Å². The fourth-order valence-corrected chi connectivity index (χ4v) is 2.00. The van der Waals surface area contributed by atoms with Crippen LogP contribution in [0.15, 0.2) is 60.7 Å². The Morgan fingerprint density at radius 2 is 1.84 bits per heavy atom. The summed E-state index contributed by atoms with van der Waals surface area (Å²) in [5.74, 6) is 0. The maximum absolute atomic E-state index is 5.99. The SMILES string of the molecule is C/C(=C/C=C/c1ccccc1)c1cc(Cl)ccc1N. The van der Waals surface area contributed by atoms with Crippen LogP contribution in [0, 0.1) is 0 Å². The molecule has 0 amide bonds. The molecule has 0 atom stereocenters. The van der Waals surface area contributed by atoms with Crippen molar-refractivity contribution < 1.29 is 0 Å². The molecule has 0 aliphatic heterocycles. The van der Waals surface area contributed by atoms with Gasteiger partial charge in [0.05, 0.1) is 0 Å². The van der Waals surface area contributed by atoms with Crippen LogP contribution >= 0.6 is 11.6 Å². The molecule has 0 heterocycles. The smallest absolute Gasteiger partial charge is 0.0413 e. The molecule has 0 radical (unpaired) electrons. The molecule has 0 spiro atoms.